The Hall–Kier alpha value is -1.34. The highest BCUT2D eigenvalue weighted by molar-refractivity contribution is 5.33. The number of nitrogens with two attached hydrogens (primary N) is 1. The second-order valence-corrected chi connectivity index (χ2v) is 4.56. The topological polar surface area (TPSA) is 30.3 Å². The van der Waals surface area contributed by atoms with Crippen molar-refractivity contribution < 1.29 is 15.0 Å². The van der Waals surface area contributed by atoms with Crippen molar-refractivity contribution in [1.29, 1.82) is 0 Å². The van der Waals surface area contributed by atoms with E-state index in [1.54, 1.807) is 4.90 Å². The van der Waals surface area contributed by atoms with Gasteiger partial charge in [0.05, 0.1) is 13.2 Å². The molecule has 0 spiro atoms. The first-order chi connectivity index (χ1) is 8.95. The normalized spacial score (nSPS) is 16.0. The van der Waals surface area contributed by atoms with Crippen LogP contribution in [0, 0.1) is 11.8 Å². The number of morpholine rings is 1. The van der Waals surface area contributed by atoms with Gasteiger partial charge in [-0.15, -0.1) is 0 Å². The van der Waals surface area contributed by atoms with Crippen molar-refractivity contribution in [3.8, 4) is 11.8 Å². The fourth-order valence-corrected chi connectivity index (χ4v) is 2.07. The number of hydrogen-bond acceptors (Lipinski definition) is 1. The molecule has 3 nitrogen and oxygen atoms in total. The van der Waals surface area contributed by atoms with Crippen LogP contribution in [-0.4, -0.2) is 45.9 Å². The van der Waals surface area contributed by atoms with E-state index < -0.39 is 0 Å². The van der Waals surface area contributed by atoms with Crippen LogP contribution in [0.3, 0.4) is 0 Å². The predicted octanol–water partition coefficient (Wildman–Crippen LogP) is -1.48. The number of benzene rings is 1. The summed E-state index contributed by atoms with van der Waals surface area (Å²) in [4.78, 5) is 1.66. The first kappa shape index (κ1) is 13.1. The minimum atomic E-state index is 0.888. The molecule has 96 valence electrons. The molecule has 0 aliphatic carbocycles. The predicted molar refractivity (Wildman–Crippen MR) is 71.4 cm³/mol. The number of rotatable bonds is 4. The van der Waals surface area contributed by atoms with Crippen LogP contribution in [0.25, 0.3) is 0 Å². The van der Waals surface area contributed by atoms with Gasteiger partial charge in [-0.05, 0) is 18.1 Å². The van der Waals surface area contributed by atoms with Crippen LogP contribution in [-0.2, 0) is 4.74 Å². The second kappa shape index (κ2) is 7.88. The largest absolute Gasteiger partial charge is 0.370 e. The average molecular weight is 246 g/mol. The van der Waals surface area contributed by atoms with Crippen LogP contribution >= 0.6 is 0 Å². The Labute approximate surface area is 109 Å². The van der Waals surface area contributed by atoms with E-state index in [-0.39, 0.29) is 0 Å². The van der Waals surface area contributed by atoms with Crippen molar-refractivity contribution in [1.82, 2.24) is 0 Å². The van der Waals surface area contributed by atoms with Crippen molar-refractivity contribution in [2.24, 2.45) is 0 Å². The van der Waals surface area contributed by atoms with Gasteiger partial charge in [-0.3, -0.25) is 0 Å². The van der Waals surface area contributed by atoms with E-state index in [9.17, 15) is 0 Å². The molecule has 1 aromatic carbocycles. The molecule has 1 saturated heterocycles. The maximum atomic E-state index is 5.34. The summed E-state index contributed by atoms with van der Waals surface area (Å²) in [6, 6.07) is 10.2. The first-order valence-electron chi connectivity index (χ1n) is 6.72. The number of ether oxygens (including phenoxy) is 1. The molecule has 0 amide bonds. The van der Waals surface area contributed by atoms with Crippen LogP contribution in [0.2, 0.25) is 0 Å². The van der Waals surface area contributed by atoms with Gasteiger partial charge in [0.25, 0.3) is 0 Å². The summed E-state index contributed by atoms with van der Waals surface area (Å²) in [5, 5.41) is 2.29. The van der Waals surface area contributed by atoms with Crippen LogP contribution in [0.4, 0.5) is 0 Å². The lowest BCUT2D eigenvalue weighted by atomic mass is 10.2. The van der Waals surface area contributed by atoms with Gasteiger partial charge in [-0.25, -0.2) is 0 Å². The molecule has 0 saturated carbocycles. The molecule has 1 aliphatic rings. The Morgan fingerprint density at radius 1 is 1.17 bits per heavy atom. The third kappa shape index (κ3) is 4.89. The van der Waals surface area contributed by atoms with Gasteiger partial charge in [0, 0.05) is 5.56 Å². The summed E-state index contributed by atoms with van der Waals surface area (Å²) in [6.07, 6.45) is 0. The summed E-state index contributed by atoms with van der Waals surface area (Å²) in [6.45, 7) is 7.41. The average Bonchev–Trinajstić information content (AvgIpc) is 2.45. The molecule has 3 heteroatoms. The van der Waals surface area contributed by atoms with E-state index in [1.165, 1.54) is 6.54 Å². The SMILES string of the molecule is C(#Cc1ccccc1)C[NH2+]CC[NH+]1CCOCC1. The zero-order chi connectivity index (χ0) is 12.5. The third-order valence-electron chi connectivity index (χ3n) is 3.15. The Morgan fingerprint density at radius 3 is 2.72 bits per heavy atom. The van der Waals surface area contributed by atoms with Gasteiger partial charge in [0.1, 0.15) is 32.7 Å². The maximum absolute atomic E-state index is 5.34. The molecular weight excluding hydrogens is 224 g/mol. The smallest absolute Gasteiger partial charge is 0.138 e. The molecule has 1 fully saturated rings. The molecule has 18 heavy (non-hydrogen) atoms. The van der Waals surface area contributed by atoms with Gasteiger partial charge in [0.15, 0.2) is 0 Å². The quantitative estimate of drug-likeness (QED) is 0.492. The van der Waals surface area contributed by atoms with Gasteiger partial charge in [-0.1, -0.05) is 24.1 Å². The van der Waals surface area contributed by atoms with Crippen molar-refractivity contribution in [2.75, 3.05) is 45.9 Å². The molecule has 0 unspecified atom stereocenters. The molecule has 0 radical (unpaired) electrons. The minimum absolute atomic E-state index is 0.888. The number of nitrogens with one attached hydrogen (secondary N) is 1. The van der Waals surface area contributed by atoms with E-state index in [4.69, 9.17) is 4.74 Å². The zero-order valence-corrected chi connectivity index (χ0v) is 10.8. The summed E-state index contributed by atoms with van der Waals surface area (Å²) in [5.41, 5.74) is 1.10. The summed E-state index contributed by atoms with van der Waals surface area (Å²) >= 11 is 0. The van der Waals surface area contributed by atoms with Crippen molar-refractivity contribution >= 4 is 0 Å². The lowest BCUT2D eigenvalue weighted by Crippen LogP contribution is -3.16. The van der Waals surface area contributed by atoms with Gasteiger partial charge >= 0.3 is 0 Å². The minimum Gasteiger partial charge on any atom is -0.370 e. The molecule has 1 aromatic rings. The highest BCUT2D eigenvalue weighted by Gasteiger charge is 2.13. The molecule has 3 N–H and O–H groups in total. The Balaban J connectivity index is 1.57. The van der Waals surface area contributed by atoms with E-state index in [0.717, 1.165) is 45.0 Å². The van der Waals surface area contributed by atoms with Gasteiger partial charge < -0.3 is 15.0 Å². The fraction of sp³-hybridized carbons (Fsp3) is 0.467. The van der Waals surface area contributed by atoms with E-state index in [1.807, 2.05) is 30.3 Å². The summed E-state index contributed by atoms with van der Waals surface area (Å²) in [7, 11) is 0. The molecular formula is C15H22N2O+2. The molecule has 0 aromatic heterocycles. The van der Waals surface area contributed by atoms with Crippen LogP contribution < -0.4 is 10.2 Å². The fourth-order valence-electron chi connectivity index (χ4n) is 2.07. The van der Waals surface area contributed by atoms with Gasteiger partial charge in [0.2, 0.25) is 0 Å². The van der Waals surface area contributed by atoms with Gasteiger partial charge in [-0.2, -0.15) is 0 Å². The number of quaternary nitrogens is 2. The molecule has 1 heterocycles. The highest BCUT2D eigenvalue weighted by Crippen LogP contribution is 1.93. The van der Waals surface area contributed by atoms with Crippen molar-refractivity contribution in [2.45, 2.75) is 0 Å². The second-order valence-electron chi connectivity index (χ2n) is 4.56. The Morgan fingerprint density at radius 2 is 1.94 bits per heavy atom. The van der Waals surface area contributed by atoms with Crippen molar-refractivity contribution in [3.05, 3.63) is 35.9 Å². The van der Waals surface area contributed by atoms with Crippen LogP contribution in [0.5, 0.6) is 0 Å². The zero-order valence-electron chi connectivity index (χ0n) is 10.8. The maximum Gasteiger partial charge on any atom is 0.138 e. The molecule has 0 atom stereocenters. The highest BCUT2D eigenvalue weighted by atomic mass is 16.5. The first-order valence-corrected chi connectivity index (χ1v) is 6.72. The van der Waals surface area contributed by atoms with E-state index >= 15 is 0 Å². The Kier molecular flexibility index (Phi) is 5.74. The van der Waals surface area contributed by atoms with E-state index in [2.05, 4.69) is 17.2 Å². The summed E-state index contributed by atoms with van der Waals surface area (Å²) < 4.78 is 5.34. The molecule has 1 aliphatic heterocycles. The molecule has 2 rings (SSSR count). The standard InChI is InChI=1S/C15H20N2O/c1-2-5-15(6-3-1)7-4-8-16-9-10-17-11-13-18-14-12-17/h1-3,5-6,16H,8-14H2/p+2. The monoisotopic (exact) mass is 246 g/mol. The van der Waals surface area contributed by atoms with E-state index in [0.29, 0.717) is 0 Å². The molecule has 0 bridgehead atoms. The lowest BCUT2D eigenvalue weighted by Gasteiger charge is -2.22. The number of hydrogen-bond donors (Lipinski definition) is 2. The van der Waals surface area contributed by atoms with Crippen LogP contribution in [0.15, 0.2) is 30.3 Å². The third-order valence-corrected chi connectivity index (χ3v) is 3.15. The van der Waals surface area contributed by atoms with Crippen LogP contribution in [0.1, 0.15) is 5.56 Å². The summed E-state index contributed by atoms with van der Waals surface area (Å²) in [5.74, 6) is 6.37. The Bertz CT molecular complexity index is 388. The lowest BCUT2D eigenvalue weighted by molar-refractivity contribution is -0.919. The van der Waals surface area contributed by atoms with Crippen molar-refractivity contribution in [3.63, 3.8) is 0 Å².